The zero-order chi connectivity index (χ0) is 7.84. The lowest BCUT2D eigenvalue weighted by molar-refractivity contribution is 0.456. The molecule has 0 radical (unpaired) electrons. The number of halogens is 1. The zero-order valence-corrected chi connectivity index (χ0v) is 6.99. The Labute approximate surface area is 72.1 Å². The van der Waals surface area contributed by atoms with Crippen molar-refractivity contribution in [3.05, 3.63) is 22.5 Å². The fourth-order valence-corrected chi connectivity index (χ4v) is 1.99. The van der Waals surface area contributed by atoms with Gasteiger partial charge in [-0.2, -0.15) is 0 Å². The monoisotopic (exact) mass is 185 g/mol. The molecule has 0 aliphatic heterocycles. The SMILES string of the molecule is Oc1cc(Cl)c2ccsc2n1. The van der Waals surface area contributed by atoms with E-state index in [1.807, 2.05) is 11.4 Å². The summed E-state index contributed by atoms with van der Waals surface area (Å²) in [7, 11) is 0. The minimum absolute atomic E-state index is 0.0232. The Morgan fingerprint density at radius 1 is 1.55 bits per heavy atom. The molecule has 4 heteroatoms. The van der Waals surface area contributed by atoms with Crippen LogP contribution in [-0.4, -0.2) is 10.1 Å². The quantitative estimate of drug-likeness (QED) is 0.685. The van der Waals surface area contributed by atoms with Crippen molar-refractivity contribution in [2.45, 2.75) is 0 Å². The molecule has 0 unspecified atom stereocenters. The first kappa shape index (κ1) is 6.88. The highest BCUT2D eigenvalue weighted by atomic mass is 35.5. The molecular formula is C7H4ClNOS. The Kier molecular flexibility index (Phi) is 1.47. The highest BCUT2D eigenvalue weighted by Gasteiger charge is 2.02. The molecule has 0 amide bonds. The van der Waals surface area contributed by atoms with Crippen molar-refractivity contribution in [3.63, 3.8) is 0 Å². The summed E-state index contributed by atoms with van der Waals surface area (Å²) in [5.74, 6) is -0.0232. The van der Waals surface area contributed by atoms with Crippen molar-refractivity contribution in [1.29, 1.82) is 0 Å². The van der Waals surface area contributed by atoms with Crippen molar-refractivity contribution in [2.75, 3.05) is 0 Å². The molecule has 2 nitrogen and oxygen atoms in total. The van der Waals surface area contributed by atoms with Crippen LogP contribution in [-0.2, 0) is 0 Å². The summed E-state index contributed by atoms with van der Waals surface area (Å²) >= 11 is 7.27. The number of fused-ring (bicyclic) bond motifs is 1. The Bertz CT molecular complexity index is 398. The highest BCUT2D eigenvalue weighted by molar-refractivity contribution is 7.16. The van der Waals surface area contributed by atoms with Crippen molar-refractivity contribution >= 4 is 33.2 Å². The molecule has 11 heavy (non-hydrogen) atoms. The predicted molar refractivity (Wildman–Crippen MR) is 46.3 cm³/mol. The van der Waals surface area contributed by atoms with E-state index in [2.05, 4.69) is 4.98 Å². The molecule has 0 saturated heterocycles. The van der Waals surface area contributed by atoms with E-state index in [1.165, 1.54) is 17.4 Å². The Balaban J connectivity index is 2.91. The minimum Gasteiger partial charge on any atom is -0.493 e. The third-order valence-electron chi connectivity index (χ3n) is 1.37. The maximum atomic E-state index is 9.04. The molecular weight excluding hydrogens is 182 g/mol. The van der Waals surface area contributed by atoms with Crippen molar-refractivity contribution in [2.24, 2.45) is 0 Å². The summed E-state index contributed by atoms with van der Waals surface area (Å²) in [6.45, 7) is 0. The van der Waals surface area contributed by atoms with Gasteiger partial charge < -0.3 is 5.11 Å². The number of pyridine rings is 1. The number of thiophene rings is 1. The molecule has 2 aromatic heterocycles. The minimum atomic E-state index is -0.0232. The molecule has 0 spiro atoms. The third-order valence-corrected chi connectivity index (χ3v) is 2.49. The summed E-state index contributed by atoms with van der Waals surface area (Å²) in [6.07, 6.45) is 0. The van der Waals surface area contributed by atoms with Gasteiger partial charge in [-0.05, 0) is 11.4 Å². The fourth-order valence-electron chi connectivity index (χ4n) is 0.897. The number of hydrogen-bond acceptors (Lipinski definition) is 3. The molecule has 1 N–H and O–H groups in total. The van der Waals surface area contributed by atoms with Crippen molar-refractivity contribution < 1.29 is 5.11 Å². The van der Waals surface area contributed by atoms with Crippen LogP contribution in [0.1, 0.15) is 0 Å². The first-order valence-electron chi connectivity index (χ1n) is 3.00. The van der Waals surface area contributed by atoms with E-state index < -0.39 is 0 Å². The second kappa shape index (κ2) is 2.36. The van der Waals surface area contributed by atoms with Gasteiger partial charge in [0, 0.05) is 11.5 Å². The topological polar surface area (TPSA) is 33.1 Å². The lowest BCUT2D eigenvalue weighted by atomic mass is 10.3. The Morgan fingerprint density at radius 2 is 2.36 bits per heavy atom. The van der Waals surface area contributed by atoms with Crippen LogP contribution in [0, 0.1) is 0 Å². The van der Waals surface area contributed by atoms with Gasteiger partial charge in [-0.25, -0.2) is 4.98 Å². The van der Waals surface area contributed by atoms with Crippen LogP contribution in [0.3, 0.4) is 0 Å². The standard InChI is InChI=1S/C7H4ClNOS/c8-5-3-6(10)9-7-4(5)1-2-11-7/h1-3H,(H,9,10). The molecule has 0 aliphatic carbocycles. The van der Waals surface area contributed by atoms with Gasteiger partial charge in [-0.15, -0.1) is 11.3 Å². The number of aromatic hydroxyl groups is 1. The normalized spacial score (nSPS) is 10.6. The van der Waals surface area contributed by atoms with E-state index in [1.54, 1.807) is 0 Å². The number of rotatable bonds is 0. The molecule has 0 atom stereocenters. The van der Waals surface area contributed by atoms with Gasteiger partial charge in [0.05, 0.1) is 5.02 Å². The smallest absolute Gasteiger partial charge is 0.213 e. The second-order valence-electron chi connectivity index (χ2n) is 2.10. The van der Waals surface area contributed by atoms with Crippen LogP contribution >= 0.6 is 22.9 Å². The summed E-state index contributed by atoms with van der Waals surface area (Å²) in [5.41, 5.74) is 0. The van der Waals surface area contributed by atoms with E-state index in [0.29, 0.717) is 5.02 Å². The van der Waals surface area contributed by atoms with Crippen LogP contribution in [0.15, 0.2) is 17.5 Å². The van der Waals surface area contributed by atoms with Crippen LogP contribution in [0.5, 0.6) is 5.88 Å². The van der Waals surface area contributed by atoms with E-state index in [0.717, 1.165) is 10.2 Å². The number of hydrogen-bond donors (Lipinski definition) is 1. The lowest BCUT2D eigenvalue weighted by Gasteiger charge is -1.93. The molecule has 0 saturated carbocycles. The number of nitrogens with zero attached hydrogens (tertiary/aromatic N) is 1. The van der Waals surface area contributed by atoms with Crippen molar-refractivity contribution in [1.82, 2.24) is 4.98 Å². The molecule has 56 valence electrons. The van der Waals surface area contributed by atoms with E-state index >= 15 is 0 Å². The summed E-state index contributed by atoms with van der Waals surface area (Å²) in [4.78, 5) is 4.66. The number of aromatic nitrogens is 1. The van der Waals surface area contributed by atoms with Gasteiger partial charge in [-0.1, -0.05) is 11.6 Å². The van der Waals surface area contributed by atoms with Crippen LogP contribution in [0.25, 0.3) is 10.2 Å². The first-order chi connectivity index (χ1) is 5.27. The molecule has 0 aliphatic rings. The summed E-state index contributed by atoms with van der Waals surface area (Å²) in [6, 6.07) is 3.32. The molecule has 2 aromatic rings. The molecule has 0 aromatic carbocycles. The zero-order valence-electron chi connectivity index (χ0n) is 5.41. The van der Waals surface area contributed by atoms with Gasteiger partial charge >= 0.3 is 0 Å². The predicted octanol–water partition coefficient (Wildman–Crippen LogP) is 2.66. The van der Waals surface area contributed by atoms with E-state index in [4.69, 9.17) is 16.7 Å². The maximum absolute atomic E-state index is 9.04. The Morgan fingerprint density at radius 3 is 3.18 bits per heavy atom. The largest absolute Gasteiger partial charge is 0.493 e. The molecule has 2 heterocycles. The first-order valence-corrected chi connectivity index (χ1v) is 4.26. The van der Waals surface area contributed by atoms with Gasteiger partial charge in [0.2, 0.25) is 5.88 Å². The van der Waals surface area contributed by atoms with Gasteiger partial charge in [0.15, 0.2) is 0 Å². The average molecular weight is 186 g/mol. The second-order valence-corrected chi connectivity index (χ2v) is 3.40. The molecule has 0 bridgehead atoms. The third kappa shape index (κ3) is 1.06. The van der Waals surface area contributed by atoms with Gasteiger partial charge in [0.25, 0.3) is 0 Å². The van der Waals surface area contributed by atoms with E-state index in [-0.39, 0.29) is 5.88 Å². The van der Waals surface area contributed by atoms with E-state index in [9.17, 15) is 0 Å². The summed E-state index contributed by atoms with van der Waals surface area (Å²) in [5, 5.41) is 12.4. The van der Waals surface area contributed by atoms with Crippen LogP contribution < -0.4 is 0 Å². The molecule has 0 fully saturated rings. The van der Waals surface area contributed by atoms with Crippen LogP contribution in [0.2, 0.25) is 5.02 Å². The summed E-state index contributed by atoms with van der Waals surface area (Å²) < 4.78 is 0. The Hall–Kier alpha value is -0.800. The van der Waals surface area contributed by atoms with Gasteiger partial charge in [-0.3, -0.25) is 0 Å². The highest BCUT2D eigenvalue weighted by Crippen LogP contribution is 2.28. The lowest BCUT2D eigenvalue weighted by Crippen LogP contribution is -1.73. The molecule has 2 rings (SSSR count). The fraction of sp³-hybridized carbons (Fsp3) is 0. The van der Waals surface area contributed by atoms with Gasteiger partial charge in [0.1, 0.15) is 4.83 Å². The maximum Gasteiger partial charge on any atom is 0.213 e. The average Bonchev–Trinajstić information content (AvgIpc) is 2.34. The van der Waals surface area contributed by atoms with Crippen LogP contribution in [0.4, 0.5) is 0 Å². The van der Waals surface area contributed by atoms with Crippen molar-refractivity contribution in [3.8, 4) is 5.88 Å².